The Hall–Kier alpha value is -1.72. The normalized spacial score (nSPS) is 16.3. The van der Waals surface area contributed by atoms with Gasteiger partial charge >= 0.3 is 0 Å². The highest BCUT2D eigenvalue weighted by atomic mass is 16.5. The van der Waals surface area contributed by atoms with Crippen molar-refractivity contribution in [2.45, 2.75) is 19.8 Å². The summed E-state index contributed by atoms with van der Waals surface area (Å²) in [5.41, 5.74) is 1.01. The number of anilines is 1. The molecule has 5 nitrogen and oxygen atoms in total. The molecule has 0 aliphatic carbocycles. The van der Waals surface area contributed by atoms with Crippen molar-refractivity contribution in [2.75, 3.05) is 44.7 Å². The number of nitrogens with zero attached hydrogens (tertiary/aromatic N) is 3. The van der Waals surface area contributed by atoms with Crippen LogP contribution in [0.1, 0.15) is 25.6 Å². The molecule has 3 rings (SSSR count). The maximum atomic E-state index is 5.38. The molecular weight excluding hydrogens is 276 g/mol. The zero-order chi connectivity index (χ0) is 15.4. The lowest BCUT2D eigenvalue weighted by Crippen LogP contribution is -2.39. The summed E-state index contributed by atoms with van der Waals surface area (Å²) in [6, 6.07) is 8.19. The van der Waals surface area contributed by atoms with Crippen molar-refractivity contribution < 1.29 is 4.74 Å². The van der Waals surface area contributed by atoms with E-state index in [1.807, 2.05) is 12.1 Å². The molecule has 1 N–H and O–H groups in total. The van der Waals surface area contributed by atoms with Crippen molar-refractivity contribution in [3.8, 4) is 0 Å². The fourth-order valence-corrected chi connectivity index (χ4v) is 2.64. The summed E-state index contributed by atoms with van der Waals surface area (Å²) >= 11 is 0. The standard InChI is InChI=1S/C17H24N4O/c1-13(2)16-19-15-6-4-3-5-14(15)17(20-16)18-7-8-21-9-11-22-12-10-21/h3-6,13H,7-12H2,1-2H3,(H,18,19,20). The Morgan fingerprint density at radius 3 is 2.73 bits per heavy atom. The summed E-state index contributed by atoms with van der Waals surface area (Å²) in [6.07, 6.45) is 0. The van der Waals surface area contributed by atoms with Gasteiger partial charge in [-0.05, 0) is 12.1 Å². The molecule has 0 unspecified atom stereocenters. The van der Waals surface area contributed by atoms with Gasteiger partial charge in [0.25, 0.3) is 0 Å². The molecule has 118 valence electrons. The maximum Gasteiger partial charge on any atom is 0.137 e. The number of benzene rings is 1. The first-order valence-electron chi connectivity index (χ1n) is 8.04. The van der Waals surface area contributed by atoms with Gasteiger partial charge in [0.2, 0.25) is 0 Å². The molecule has 5 heteroatoms. The third kappa shape index (κ3) is 3.54. The molecule has 22 heavy (non-hydrogen) atoms. The molecule has 1 saturated heterocycles. The van der Waals surface area contributed by atoms with Crippen LogP contribution in [0.2, 0.25) is 0 Å². The monoisotopic (exact) mass is 300 g/mol. The molecule has 0 spiro atoms. The first-order chi connectivity index (χ1) is 10.7. The molecule has 1 aromatic carbocycles. The van der Waals surface area contributed by atoms with E-state index in [-0.39, 0.29) is 0 Å². The van der Waals surface area contributed by atoms with E-state index in [0.717, 1.165) is 61.9 Å². The van der Waals surface area contributed by atoms with Crippen molar-refractivity contribution in [3.63, 3.8) is 0 Å². The van der Waals surface area contributed by atoms with E-state index >= 15 is 0 Å². The Kier molecular flexibility index (Phi) is 4.85. The van der Waals surface area contributed by atoms with E-state index in [9.17, 15) is 0 Å². The van der Waals surface area contributed by atoms with Gasteiger partial charge in [0.1, 0.15) is 11.6 Å². The van der Waals surface area contributed by atoms with Gasteiger partial charge in [0.15, 0.2) is 0 Å². The van der Waals surface area contributed by atoms with Gasteiger partial charge in [0.05, 0.1) is 18.7 Å². The topological polar surface area (TPSA) is 50.3 Å². The zero-order valence-electron chi connectivity index (χ0n) is 13.4. The van der Waals surface area contributed by atoms with E-state index in [2.05, 4.69) is 41.2 Å². The van der Waals surface area contributed by atoms with Crippen LogP contribution >= 0.6 is 0 Å². The fraction of sp³-hybridized carbons (Fsp3) is 0.529. The highest BCUT2D eigenvalue weighted by molar-refractivity contribution is 5.89. The Bertz CT molecular complexity index is 623. The van der Waals surface area contributed by atoms with Gasteiger partial charge in [-0.25, -0.2) is 9.97 Å². The van der Waals surface area contributed by atoms with E-state index in [4.69, 9.17) is 9.72 Å². The fourth-order valence-electron chi connectivity index (χ4n) is 2.64. The van der Waals surface area contributed by atoms with Crippen molar-refractivity contribution >= 4 is 16.7 Å². The molecule has 1 aromatic heterocycles. The Morgan fingerprint density at radius 2 is 1.95 bits per heavy atom. The predicted molar refractivity (Wildman–Crippen MR) is 89.4 cm³/mol. The summed E-state index contributed by atoms with van der Waals surface area (Å²) in [7, 11) is 0. The van der Waals surface area contributed by atoms with Gasteiger partial charge in [-0.15, -0.1) is 0 Å². The molecule has 0 saturated carbocycles. The van der Waals surface area contributed by atoms with E-state index < -0.39 is 0 Å². The van der Waals surface area contributed by atoms with Crippen LogP contribution in [0.5, 0.6) is 0 Å². The summed E-state index contributed by atoms with van der Waals surface area (Å²) in [6.45, 7) is 9.87. The van der Waals surface area contributed by atoms with Crippen LogP contribution in [0.3, 0.4) is 0 Å². The second-order valence-electron chi connectivity index (χ2n) is 5.98. The number of morpholine rings is 1. The molecule has 1 fully saturated rings. The summed E-state index contributed by atoms with van der Waals surface area (Å²) < 4.78 is 5.38. The Morgan fingerprint density at radius 1 is 1.18 bits per heavy atom. The highest BCUT2D eigenvalue weighted by Gasteiger charge is 2.12. The van der Waals surface area contributed by atoms with E-state index in [1.54, 1.807) is 0 Å². The molecule has 1 aliphatic heterocycles. The number of nitrogens with one attached hydrogen (secondary N) is 1. The van der Waals surface area contributed by atoms with Crippen LogP contribution in [0, 0.1) is 0 Å². The zero-order valence-corrected chi connectivity index (χ0v) is 13.4. The average molecular weight is 300 g/mol. The SMILES string of the molecule is CC(C)c1nc(NCCN2CCOCC2)c2ccccc2n1. The molecule has 1 aliphatic rings. The van der Waals surface area contributed by atoms with E-state index in [0.29, 0.717) is 5.92 Å². The van der Waals surface area contributed by atoms with Crippen molar-refractivity contribution in [1.29, 1.82) is 0 Å². The van der Waals surface area contributed by atoms with E-state index in [1.165, 1.54) is 0 Å². The number of aromatic nitrogens is 2. The molecule has 0 amide bonds. The number of fused-ring (bicyclic) bond motifs is 1. The number of ether oxygens (including phenoxy) is 1. The molecule has 2 aromatic rings. The van der Waals surface area contributed by atoms with Gasteiger partial charge in [0, 0.05) is 37.5 Å². The van der Waals surface area contributed by atoms with Gasteiger partial charge in [-0.2, -0.15) is 0 Å². The summed E-state index contributed by atoms with van der Waals surface area (Å²) in [5.74, 6) is 2.17. The number of para-hydroxylation sites is 1. The van der Waals surface area contributed by atoms with Crippen molar-refractivity contribution in [1.82, 2.24) is 14.9 Å². The van der Waals surface area contributed by atoms with Crippen LogP contribution in [-0.2, 0) is 4.74 Å². The molecule has 0 atom stereocenters. The highest BCUT2D eigenvalue weighted by Crippen LogP contribution is 2.22. The lowest BCUT2D eigenvalue weighted by atomic mass is 10.1. The van der Waals surface area contributed by atoms with Crippen LogP contribution in [0.15, 0.2) is 24.3 Å². The smallest absolute Gasteiger partial charge is 0.137 e. The molecule has 2 heterocycles. The van der Waals surface area contributed by atoms with Gasteiger partial charge < -0.3 is 10.1 Å². The summed E-state index contributed by atoms with van der Waals surface area (Å²) in [4.78, 5) is 11.8. The quantitative estimate of drug-likeness (QED) is 0.919. The maximum absolute atomic E-state index is 5.38. The van der Waals surface area contributed by atoms with Crippen LogP contribution in [-0.4, -0.2) is 54.3 Å². The third-order valence-electron chi connectivity index (χ3n) is 3.96. The Labute approximate surface area is 131 Å². The molecular formula is C17H24N4O. The number of rotatable bonds is 5. The Balaban J connectivity index is 1.73. The molecule has 0 radical (unpaired) electrons. The lowest BCUT2D eigenvalue weighted by Gasteiger charge is -2.26. The second-order valence-corrected chi connectivity index (χ2v) is 5.98. The minimum atomic E-state index is 0.324. The largest absolute Gasteiger partial charge is 0.379 e. The van der Waals surface area contributed by atoms with Crippen molar-refractivity contribution in [3.05, 3.63) is 30.1 Å². The van der Waals surface area contributed by atoms with Gasteiger partial charge in [-0.1, -0.05) is 26.0 Å². The summed E-state index contributed by atoms with van der Waals surface area (Å²) in [5, 5.41) is 4.59. The lowest BCUT2D eigenvalue weighted by molar-refractivity contribution is 0.0398. The van der Waals surface area contributed by atoms with Gasteiger partial charge in [-0.3, -0.25) is 4.90 Å². The first-order valence-corrected chi connectivity index (χ1v) is 8.04. The van der Waals surface area contributed by atoms with Crippen LogP contribution in [0.25, 0.3) is 10.9 Å². The average Bonchev–Trinajstić information content (AvgIpc) is 2.55. The number of hydrogen-bond acceptors (Lipinski definition) is 5. The first kappa shape index (κ1) is 15.2. The third-order valence-corrected chi connectivity index (χ3v) is 3.96. The number of hydrogen-bond donors (Lipinski definition) is 1. The van der Waals surface area contributed by atoms with Crippen molar-refractivity contribution in [2.24, 2.45) is 0 Å². The van der Waals surface area contributed by atoms with Crippen LogP contribution < -0.4 is 5.32 Å². The second kappa shape index (κ2) is 7.03. The molecule has 0 bridgehead atoms. The minimum Gasteiger partial charge on any atom is -0.379 e. The van der Waals surface area contributed by atoms with Crippen LogP contribution in [0.4, 0.5) is 5.82 Å². The minimum absolute atomic E-state index is 0.324. The predicted octanol–water partition coefficient (Wildman–Crippen LogP) is 2.50.